The zero-order valence-corrected chi connectivity index (χ0v) is 20.1. The van der Waals surface area contributed by atoms with Crippen molar-refractivity contribution in [3.63, 3.8) is 0 Å². The molecule has 1 saturated heterocycles. The Hall–Kier alpha value is -1.54. The summed E-state index contributed by atoms with van der Waals surface area (Å²) in [6.07, 6.45) is -2.88. The van der Waals surface area contributed by atoms with E-state index in [4.69, 9.17) is 18.9 Å². The fourth-order valence-corrected chi connectivity index (χ4v) is 4.23. The van der Waals surface area contributed by atoms with Crippen LogP contribution in [0.3, 0.4) is 0 Å². The van der Waals surface area contributed by atoms with Gasteiger partial charge in [-0.3, -0.25) is 0 Å². The molecule has 6 heteroatoms. The van der Waals surface area contributed by atoms with Gasteiger partial charge in [-0.2, -0.15) is 0 Å². The number of hydrogen-bond donors (Lipinski definition) is 1. The first-order chi connectivity index (χ1) is 14.8. The van der Waals surface area contributed by atoms with E-state index < -0.39 is 38.8 Å². The highest BCUT2D eigenvalue weighted by atomic mass is 28.3. The van der Waals surface area contributed by atoms with Crippen LogP contribution in [0.2, 0.25) is 25.7 Å². The lowest BCUT2D eigenvalue weighted by atomic mass is 9.99. The summed E-state index contributed by atoms with van der Waals surface area (Å²) in [6.45, 7) is 10.2. The molecule has 0 spiro atoms. The third-order valence-corrected chi connectivity index (χ3v) is 7.17. The molecule has 1 aliphatic rings. The van der Waals surface area contributed by atoms with Crippen molar-refractivity contribution in [3.05, 3.63) is 71.8 Å². The van der Waals surface area contributed by atoms with Crippen LogP contribution in [-0.2, 0) is 32.2 Å². The summed E-state index contributed by atoms with van der Waals surface area (Å²) < 4.78 is 24.7. The Morgan fingerprint density at radius 3 is 1.84 bits per heavy atom. The van der Waals surface area contributed by atoms with Gasteiger partial charge in [0.1, 0.15) is 18.3 Å². The third kappa shape index (κ3) is 7.52. The monoisotopic (exact) mass is 444 g/mol. The van der Waals surface area contributed by atoms with Crippen LogP contribution in [0.15, 0.2) is 60.7 Å². The molecular weight excluding hydrogens is 408 g/mol. The Morgan fingerprint density at radius 1 is 0.806 bits per heavy atom. The third-order valence-electron chi connectivity index (χ3n) is 5.46. The molecule has 31 heavy (non-hydrogen) atoms. The highest BCUT2D eigenvalue weighted by molar-refractivity contribution is 6.76. The molecule has 5 nitrogen and oxygen atoms in total. The normalized spacial score (nSPS) is 26.7. The van der Waals surface area contributed by atoms with E-state index in [2.05, 4.69) is 19.6 Å². The minimum atomic E-state index is -1.24. The van der Waals surface area contributed by atoms with Crippen molar-refractivity contribution < 1.29 is 24.1 Å². The van der Waals surface area contributed by atoms with Crippen LogP contribution in [0.4, 0.5) is 0 Å². The van der Waals surface area contributed by atoms with E-state index in [0.29, 0.717) is 19.8 Å². The van der Waals surface area contributed by atoms with Gasteiger partial charge in [-0.05, 0) is 24.1 Å². The van der Waals surface area contributed by atoms with E-state index in [-0.39, 0.29) is 0 Å². The van der Waals surface area contributed by atoms with Crippen molar-refractivity contribution in [2.24, 2.45) is 0 Å². The second-order valence-electron chi connectivity index (χ2n) is 9.40. The zero-order chi connectivity index (χ0) is 22.3. The quantitative estimate of drug-likeness (QED) is 0.542. The molecule has 2 aromatic carbocycles. The van der Waals surface area contributed by atoms with Crippen LogP contribution in [-0.4, -0.2) is 50.5 Å². The van der Waals surface area contributed by atoms with Crippen LogP contribution in [0, 0.1) is 0 Å². The van der Waals surface area contributed by atoms with Gasteiger partial charge in [-0.1, -0.05) is 80.3 Å². The molecule has 0 bridgehead atoms. The second-order valence-corrected chi connectivity index (χ2v) is 15.0. The minimum absolute atomic E-state index is 0.391. The van der Waals surface area contributed by atoms with E-state index in [0.717, 1.165) is 17.2 Å². The maximum Gasteiger partial charge on any atom is 0.186 e. The van der Waals surface area contributed by atoms with Crippen LogP contribution in [0.1, 0.15) is 18.1 Å². The van der Waals surface area contributed by atoms with Gasteiger partial charge in [-0.25, -0.2) is 0 Å². The van der Waals surface area contributed by atoms with Crippen molar-refractivity contribution in [1.82, 2.24) is 0 Å². The van der Waals surface area contributed by atoms with E-state index in [1.54, 1.807) is 0 Å². The van der Waals surface area contributed by atoms with Gasteiger partial charge < -0.3 is 24.1 Å². The molecule has 0 saturated carbocycles. The fraction of sp³-hybridized carbons (Fsp3) is 0.520. The molecule has 0 aliphatic carbocycles. The molecule has 2 aromatic rings. The summed E-state index contributed by atoms with van der Waals surface area (Å²) in [5.74, 6) is 0. The molecule has 170 valence electrons. The first kappa shape index (κ1) is 24.1. The molecule has 1 unspecified atom stereocenters. The predicted octanol–water partition coefficient (Wildman–Crippen LogP) is 4.62. The average Bonchev–Trinajstić information content (AvgIpc) is 2.75. The molecule has 1 aliphatic heterocycles. The Morgan fingerprint density at radius 2 is 1.32 bits per heavy atom. The van der Waals surface area contributed by atoms with Crippen LogP contribution in [0.5, 0.6) is 0 Å². The van der Waals surface area contributed by atoms with Gasteiger partial charge in [0.05, 0.1) is 19.3 Å². The smallest absolute Gasteiger partial charge is 0.186 e. The Labute approximate surface area is 187 Å². The van der Waals surface area contributed by atoms with Gasteiger partial charge in [0.2, 0.25) is 0 Å². The van der Waals surface area contributed by atoms with E-state index in [9.17, 15) is 5.11 Å². The second kappa shape index (κ2) is 11.4. The topological polar surface area (TPSA) is 57.2 Å². The highest BCUT2D eigenvalue weighted by Crippen LogP contribution is 2.28. The zero-order valence-electron chi connectivity index (χ0n) is 19.1. The summed E-state index contributed by atoms with van der Waals surface area (Å²) in [4.78, 5) is 0. The Balaban J connectivity index is 1.73. The summed E-state index contributed by atoms with van der Waals surface area (Å²) in [7, 11) is -1.24. The number of benzene rings is 2. The number of ether oxygens (including phenoxy) is 4. The van der Waals surface area contributed by atoms with Crippen molar-refractivity contribution in [3.8, 4) is 0 Å². The Bertz CT molecular complexity index is 764. The van der Waals surface area contributed by atoms with Crippen molar-refractivity contribution >= 4 is 8.07 Å². The average molecular weight is 445 g/mol. The first-order valence-corrected chi connectivity index (χ1v) is 14.8. The van der Waals surface area contributed by atoms with Crippen LogP contribution < -0.4 is 0 Å². The summed E-state index contributed by atoms with van der Waals surface area (Å²) in [5, 5.41) is 10.9. The van der Waals surface area contributed by atoms with E-state index in [1.807, 2.05) is 67.6 Å². The Kier molecular flexibility index (Phi) is 8.83. The molecular formula is C25H36O5Si. The standard InChI is InChI=1S/C25H36O5Si/c1-19-22(26)23(28-17-20-11-7-5-8-12-20)24(29-18-21-13-9-6-10-14-21)25(30-19)27-15-16-31(2,3)4/h5-14,19,22-26H,15-18H2,1-4H3/t19-,22-,23+,24+,25?/m1/s1. The van der Waals surface area contributed by atoms with Gasteiger partial charge in [0.25, 0.3) is 0 Å². The molecule has 0 aromatic heterocycles. The lowest BCUT2D eigenvalue weighted by Gasteiger charge is -2.43. The molecule has 1 fully saturated rings. The number of aliphatic hydroxyl groups is 1. The number of hydrogen-bond acceptors (Lipinski definition) is 5. The van der Waals surface area contributed by atoms with Gasteiger partial charge in [0.15, 0.2) is 6.29 Å². The maximum atomic E-state index is 10.9. The van der Waals surface area contributed by atoms with Gasteiger partial charge in [0, 0.05) is 14.7 Å². The van der Waals surface area contributed by atoms with Crippen LogP contribution >= 0.6 is 0 Å². The highest BCUT2D eigenvalue weighted by Gasteiger charge is 2.46. The lowest BCUT2D eigenvalue weighted by molar-refractivity contribution is -0.312. The first-order valence-electron chi connectivity index (χ1n) is 11.1. The van der Waals surface area contributed by atoms with Crippen LogP contribution in [0.25, 0.3) is 0 Å². The van der Waals surface area contributed by atoms with Crippen molar-refractivity contribution in [2.75, 3.05) is 6.61 Å². The molecule has 1 N–H and O–H groups in total. The maximum absolute atomic E-state index is 10.9. The summed E-state index contributed by atoms with van der Waals surface area (Å²) >= 11 is 0. The molecule has 5 atom stereocenters. The summed E-state index contributed by atoms with van der Waals surface area (Å²) in [5.41, 5.74) is 2.10. The van der Waals surface area contributed by atoms with Crippen molar-refractivity contribution in [1.29, 1.82) is 0 Å². The fourth-order valence-electron chi connectivity index (χ4n) is 3.50. The van der Waals surface area contributed by atoms with Gasteiger partial charge in [-0.15, -0.1) is 0 Å². The molecule has 0 amide bonds. The van der Waals surface area contributed by atoms with Crippen molar-refractivity contribution in [2.45, 2.75) is 76.5 Å². The van der Waals surface area contributed by atoms with E-state index in [1.165, 1.54) is 0 Å². The number of rotatable bonds is 10. The molecule has 3 rings (SSSR count). The predicted molar refractivity (Wildman–Crippen MR) is 124 cm³/mol. The molecule has 1 heterocycles. The lowest BCUT2D eigenvalue weighted by Crippen LogP contribution is -2.59. The summed E-state index contributed by atoms with van der Waals surface area (Å²) in [6, 6.07) is 21.0. The molecule has 0 radical (unpaired) electrons. The minimum Gasteiger partial charge on any atom is -0.388 e. The van der Waals surface area contributed by atoms with Gasteiger partial charge >= 0.3 is 0 Å². The largest absolute Gasteiger partial charge is 0.388 e. The SMILES string of the molecule is C[C@H]1OC(OCC[Si](C)(C)C)[C@@H](OCc2ccccc2)[C@@H](OCc2ccccc2)[C@@H]1O. The van der Waals surface area contributed by atoms with E-state index >= 15 is 0 Å². The number of aliphatic hydroxyl groups excluding tert-OH is 1.